The summed E-state index contributed by atoms with van der Waals surface area (Å²) in [5.74, 6) is 2.54. The fraction of sp³-hybridized carbons (Fsp3) is 0.0625. The quantitative estimate of drug-likeness (QED) is 0.131. The van der Waals surface area contributed by atoms with Crippen molar-refractivity contribution < 1.29 is 13.6 Å². The van der Waals surface area contributed by atoms with Crippen molar-refractivity contribution >= 4 is 72.6 Å². The highest BCUT2D eigenvalue weighted by Crippen LogP contribution is 2.91. The third kappa shape index (κ3) is 4.91. The number of fused-ring (bicyclic) bond motifs is 9. The summed E-state index contributed by atoms with van der Waals surface area (Å²) in [6.07, 6.45) is 0. The average Bonchev–Trinajstić information content (AvgIpc) is 3.93. The standard InChI is InChI=1S/C64H42O3P/c1-37-28-46(58-49-22-10-4-16-40(49)31-41-17-5-11-23-50(41)58)34-55-61(37)65-68-64(55,56-35-47(29-38(2)62(56)66-68)59-51-24-12-6-18-42(51)32-43-19-7-13-25-52(43)59)57-36-48(30-39(3)63(57)67-68)60-53-26-14-8-20-44(53)33-45-21-9-15-27-54(45)60/h4-36H,1-3H3/q+1. The van der Waals surface area contributed by atoms with Crippen LogP contribution in [0.4, 0.5) is 0 Å². The van der Waals surface area contributed by atoms with Gasteiger partial charge in [-0.3, -0.25) is 13.6 Å². The molecular formula is C64H42O3P+. The van der Waals surface area contributed by atoms with Gasteiger partial charge in [-0.25, -0.2) is 0 Å². The molecule has 0 radical (unpaired) electrons. The molecule has 0 spiro atoms. The first-order chi connectivity index (χ1) is 33.4. The highest BCUT2D eigenvalue weighted by Gasteiger charge is 2.86. The van der Waals surface area contributed by atoms with Crippen LogP contribution < -0.4 is 13.6 Å². The molecule has 12 aromatic rings. The Balaban J connectivity index is 1.09. The summed E-state index contributed by atoms with van der Waals surface area (Å²) in [6.45, 7) is 6.58. The van der Waals surface area contributed by atoms with Crippen LogP contribution in [-0.4, -0.2) is 0 Å². The minimum Gasteiger partial charge on any atom is -0.270 e. The van der Waals surface area contributed by atoms with E-state index in [1.165, 1.54) is 81.3 Å². The molecule has 3 aliphatic heterocycles. The first-order valence-electron chi connectivity index (χ1n) is 23.5. The number of hydrogen-bond acceptors (Lipinski definition) is 3. The molecule has 320 valence electrons. The maximum absolute atomic E-state index is 7.54. The minimum atomic E-state index is -3.34. The third-order valence-electron chi connectivity index (χ3n) is 15.2. The number of hydrogen-bond donors (Lipinski definition) is 0. The molecule has 0 aliphatic carbocycles. The van der Waals surface area contributed by atoms with Crippen LogP contribution in [0.1, 0.15) is 33.4 Å². The Morgan fingerprint density at radius 2 is 0.529 bits per heavy atom. The van der Waals surface area contributed by atoms with Crippen molar-refractivity contribution in [2.24, 2.45) is 0 Å². The Labute approximate surface area is 394 Å². The van der Waals surface area contributed by atoms with Gasteiger partial charge in [0.05, 0.1) is 16.7 Å². The van der Waals surface area contributed by atoms with Gasteiger partial charge < -0.3 is 0 Å². The molecule has 0 aromatic heterocycles. The second-order valence-electron chi connectivity index (χ2n) is 19.1. The van der Waals surface area contributed by atoms with Crippen LogP contribution in [0.15, 0.2) is 200 Å². The van der Waals surface area contributed by atoms with E-state index in [-0.39, 0.29) is 0 Å². The maximum atomic E-state index is 7.54. The molecule has 3 heterocycles. The minimum absolute atomic E-state index is 0.847. The zero-order valence-electron chi connectivity index (χ0n) is 37.7. The van der Waals surface area contributed by atoms with Gasteiger partial charge in [-0.15, -0.1) is 0 Å². The third-order valence-corrected chi connectivity index (χ3v) is 18.0. The molecular weight excluding hydrogens is 848 g/mol. The van der Waals surface area contributed by atoms with Crippen LogP contribution in [0.3, 0.4) is 0 Å². The predicted molar refractivity (Wildman–Crippen MR) is 284 cm³/mol. The van der Waals surface area contributed by atoms with Crippen LogP contribution in [0, 0.1) is 20.8 Å². The fourth-order valence-electron chi connectivity index (χ4n) is 12.4. The van der Waals surface area contributed by atoms with Crippen molar-refractivity contribution in [3.05, 3.63) is 234 Å². The maximum Gasteiger partial charge on any atom is 0.562 e. The van der Waals surface area contributed by atoms with Gasteiger partial charge >= 0.3 is 7.94 Å². The largest absolute Gasteiger partial charge is 0.562 e. The molecule has 0 amide bonds. The van der Waals surface area contributed by atoms with Crippen molar-refractivity contribution in [1.29, 1.82) is 0 Å². The predicted octanol–water partition coefficient (Wildman–Crippen LogP) is 17.8. The van der Waals surface area contributed by atoms with E-state index in [2.05, 4.69) is 221 Å². The van der Waals surface area contributed by atoms with Gasteiger partial charge in [0.2, 0.25) is 0 Å². The van der Waals surface area contributed by atoms with Crippen molar-refractivity contribution in [3.8, 4) is 50.6 Å². The molecule has 12 aromatic carbocycles. The molecule has 3 nitrogen and oxygen atoms in total. The van der Waals surface area contributed by atoms with Crippen LogP contribution in [0.2, 0.25) is 0 Å². The van der Waals surface area contributed by atoms with E-state index in [0.29, 0.717) is 0 Å². The van der Waals surface area contributed by atoms with Crippen LogP contribution in [0.25, 0.3) is 98.0 Å². The molecule has 0 saturated carbocycles. The Kier molecular flexibility index (Phi) is 7.62. The lowest BCUT2D eigenvalue weighted by Crippen LogP contribution is -2.25. The molecule has 3 aliphatic rings. The smallest absolute Gasteiger partial charge is 0.270 e. The van der Waals surface area contributed by atoms with Crippen LogP contribution in [0.5, 0.6) is 17.2 Å². The molecule has 0 atom stereocenters. The van der Waals surface area contributed by atoms with Gasteiger partial charge in [-0.2, -0.15) is 0 Å². The Morgan fingerprint density at radius 3 is 0.779 bits per heavy atom. The normalized spacial score (nSPS) is 17.5. The molecule has 4 heteroatoms. The summed E-state index contributed by atoms with van der Waals surface area (Å²) >= 11 is 0. The lowest BCUT2D eigenvalue weighted by Gasteiger charge is -2.22. The molecule has 0 saturated heterocycles. The summed E-state index contributed by atoms with van der Waals surface area (Å²) < 4.78 is 22.6. The van der Waals surface area contributed by atoms with E-state index in [1.54, 1.807) is 0 Å². The van der Waals surface area contributed by atoms with Gasteiger partial charge in [0.25, 0.3) is 5.16 Å². The van der Waals surface area contributed by atoms with Crippen molar-refractivity contribution in [3.63, 3.8) is 0 Å². The van der Waals surface area contributed by atoms with Crippen molar-refractivity contribution in [2.45, 2.75) is 25.9 Å². The lowest BCUT2D eigenvalue weighted by molar-refractivity contribution is 0.377. The first-order valence-corrected chi connectivity index (χ1v) is 25.1. The van der Waals surface area contributed by atoms with E-state index in [1.807, 2.05) is 0 Å². The second kappa shape index (κ2) is 13.6. The topological polar surface area (TPSA) is 27.7 Å². The highest BCUT2D eigenvalue weighted by molar-refractivity contribution is 7.65. The van der Waals surface area contributed by atoms with Crippen LogP contribution >= 0.6 is 7.94 Å². The molecule has 0 N–H and O–H groups in total. The molecule has 15 rings (SSSR count). The first kappa shape index (κ1) is 38.2. The van der Waals surface area contributed by atoms with Gasteiger partial charge in [0, 0.05) is 0 Å². The molecule has 0 bridgehead atoms. The Bertz CT molecular complexity index is 3650. The van der Waals surface area contributed by atoms with E-state index in [9.17, 15) is 0 Å². The monoisotopic (exact) mass is 889 g/mol. The van der Waals surface area contributed by atoms with Gasteiger partial charge in [0.1, 0.15) is 0 Å². The molecule has 0 fully saturated rings. The van der Waals surface area contributed by atoms with Gasteiger partial charge in [0.15, 0.2) is 17.2 Å². The van der Waals surface area contributed by atoms with E-state index in [4.69, 9.17) is 13.6 Å². The fourth-order valence-corrected chi connectivity index (χ4v) is 15.8. The summed E-state index contributed by atoms with van der Waals surface area (Å²) in [6, 6.07) is 73.9. The number of rotatable bonds is 3. The Hall–Kier alpha value is -7.97. The zero-order chi connectivity index (χ0) is 45.0. The van der Waals surface area contributed by atoms with E-state index >= 15 is 0 Å². The molecule has 68 heavy (non-hydrogen) atoms. The summed E-state index contributed by atoms with van der Waals surface area (Å²) in [7, 11) is -3.34. The summed E-state index contributed by atoms with van der Waals surface area (Å²) in [4.78, 5) is 0. The van der Waals surface area contributed by atoms with Crippen LogP contribution in [-0.2, 0) is 5.16 Å². The SMILES string of the molecule is Cc1cc(-c2c3ccccc3cc3ccccc23)cc2c1O[P+]13Oc4c(C)cc(-c5c6ccccc6cc6ccccc56)cc4C21c1cc(-c2c4ccccc4cc4ccccc24)cc(C)c1O3. The second-order valence-corrected chi connectivity index (χ2v) is 21.3. The van der Waals surface area contributed by atoms with Gasteiger partial charge in [-0.05, 0) is 190 Å². The van der Waals surface area contributed by atoms with E-state index < -0.39 is 13.1 Å². The number of benzene rings is 12. The zero-order valence-corrected chi connectivity index (χ0v) is 38.6. The van der Waals surface area contributed by atoms with Crippen molar-refractivity contribution in [2.75, 3.05) is 0 Å². The summed E-state index contributed by atoms with van der Waals surface area (Å²) in [5.41, 5.74) is 13.5. The molecule has 0 unspecified atom stereocenters. The highest BCUT2D eigenvalue weighted by atomic mass is 31.2. The Morgan fingerprint density at radius 1 is 0.294 bits per heavy atom. The van der Waals surface area contributed by atoms with Crippen molar-refractivity contribution in [1.82, 2.24) is 0 Å². The van der Waals surface area contributed by atoms with Gasteiger partial charge in [-0.1, -0.05) is 146 Å². The summed E-state index contributed by atoms with van der Waals surface area (Å²) in [5, 5.41) is 13.7. The average molecular weight is 890 g/mol. The lowest BCUT2D eigenvalue weighted by atomic mass is 9.77. The van der Waals surface area contributed by atoms with E-state index in [0.717, 1.165) is 67.3 Å². The number of aryl methyl sites for hydroxylation is 3.